The van der Waals surface area contributed by atoms with Crippen LogP contribution in [0.1, 0.15) is 28.8 Å². The van der Waals surface area contributed by atoms with Crippen LogP contribution in [0.2, 0.25) is 0 Å². The van der Waals surface area contributed by atoms with E-state index in [1.807, 2.05) is 24.3 Å². The molecule has 0 aromatic heterocycles. The summed E-state index contributed by atoms with van der Waals surface area (Å²) >= 11 is 0. The fourth-order valence-corrected chi connectivity index (χ4v) is 6.20. The third-order valence-corrected chi connectivity index (χ3v) is 7.91. The number of imide groups is 1. The predicted octanol–water partition coefficient (Wildman–Crippen LogP) is 4.07. The zero-order valence-electron chi connectivity index (χ0n) is 17.9. The molecule has 7 rings (SSSR count). The smallest absolute Gasteiger partial charge is 0.238 e. The van der Waals surface area contributed by atoms with Crippen molar-refractivity contribution in [2.45, 2.75) is 19.3 Å². The van der Waals surface area contributed by atoms with Crippen LogP contribution in [-0.4, -0.2) is 24.7 Å². The summed E-state index contributed by atoms with van der Waals surface area (Å²) in [6.07, 6.45) is 6.56. The Balaban J connectivity index is 1.14. The summed E-state index contributed by atoms with van der Waals surface area (Å²) in [6.45, 7) is 0. The van der Waals surface area contributed by atoms with Crippen molar-refractivity contribution in [2.24, 2.45) is 35.5 Å². The van der Waals surface area contributed by atoms with Crippen molar-refractivity contribution in [3.05, 3.63) is 71.8 Å². The number of methoxy groups -OCH3 is 1. The third kappa shape index (κ3) is 2.87. The van der Waals surface area contributed by atoms with Crippen molar-refractivity contribution in [2.75, 3.05) is 12.0 Å². The molecule has 1 aliphatic heterocycles. The highest BCUT2D eigenvalue weighted by atomic mass is 16.5. The number of anilines is 1. The van der Waals surface area contributed by atoms with Crippen LogP contribution in [0.15, 0.2) is 60.7 Å². The normalized spacial score (nSPS) is 31.5. The van der Waals surface area contributed by atoms with E-state index in [-0.39, 0.29) is 41.3 Å². The fourth-order valence-electron chi connectivity index (χ4n) is 6.20. The Bertz CT molecular complexity index is 1100. The van der Waals surface area contributed by atoms with Gasteiger partial charge in [0.05, 0.1) is 24.6 Å². The van der Waals surface area contributed by atoms with E-state index in [1.54, 1.807) is 31.4 Å². The van der Waals surface area contributed by atoms with Gasteiger partial charge in [-0.2, -0.15) is 0 Å². The molecule has 0 radical (unpaired) electrons. The highest BCUT2D eigenvalue weighted by Crippen LogP contribution is 2.65. The van der Waals surface area contributed by atoms with Gasteiger partial charge in [0.2, 0.25) is 11.8 Å². The topological polar surface area (TPSA) is 63.7 Å². The molecular formula is C27H25NO4. The molecule has 0 spiro atoms. The standard InChI is InChI=1S/C27H25NO4/c1-32-18-9-5-16(6-10-18)23(29)13-4-15-2-7-17(8-3-15)28-26(30)24-19-11-12-20(22-14-21(19)22)25(24)27(28)31/h2-3,5-12,19-22,24-25H,4,13-14H2,1H3/t19-,20+,21+,22-,24-,25+. The van der Waals surface area contributed by atoms with Crippen molar-refractivity contribution < 1.29 is 19.1 Å². The molecule has 4 aliphatic carbocycles. The molecule has 2 aromatic rings. The minimum Gasteiger partial charge on any atom is -0.497 e. The van der Waals surface area contributed by atoms with Crippen molar-refractivity contribution in [3.63, 3.8) is 0 Å². The molecule has 2 bridgehead atoms. The van der Waals surface area contributed by atoms with Gasteiger partial charge >= 0.3 is 0 Å². The molecule has 5 aliphatic rings. The molecule has 0 unspecified atom stereocenters. The molecule has 162 valence electrons. The van der Waals surface area contributed by atoms with Gasteiger partial charge in [0.1, 0.15) is 5.75 Å². The van der Waals surface area contributed by atoms with E-state index in [0.717, 1.165) is 11.3 Å². The average Bonchev–Trinajstić information content (AvgIpc) is 3.61. The van der Waals surface area contributed by atoms with Gasteiger partial charge in [0, 0.05) is 12.0 Å². The van der Waals surface area contributed by atoms with Crippen molar-refractivity contribution >= 4 is 23.3 Å². The molecule has 2 amide bonds. The molecular weight excluding hydrogens is 402 g/mol. The van der Waals surface area contributed by atoms with E-state index < -0.39 is 0 Å². The number of hydrogen-bond acceptors (Lipinski definition) is 4. The first-order chi connectivity index (χ1) is 15.6. The molecule has 6 atom stereocenters. The number of hydrogen-bond donors (Lipinski definition) is 0. The van der Waals surface area contributed by atoms with E-state index in [4.69, 9.17) is 4.74 Å². The van der Waals surface area contributed by atoms with Crippen LogP contribution >= 0.6 is 0 Å². The molecule has 0 N–H and O–H groups in total. The Hall–Kier alpha value is -3.21. The highest BCUT2D eigenvalue weighted by Gasteiger charge is 2.67. The number of rotatable bonds is 6. The summed E-state index contributed by atoms with van der Waals surface area (Å²) in [5.41, 5.74) is 2.32. The van der Waals surface area contributed by atoms with Gasteiger partial charge in [0.25, 0.3) is 0 Å². The second-order valence-corrected chi connectivity index (χ2v) is 9.48. The summed E-state index contributed by atoms with van der Waals surface area (Å²) in [6, 6.07) is 14.7. The number of nitrogens with zero attached hydrogens (tertiary/aromatic N) is 1. The number of amides is 2. The molecule has 5 heteroatoms. The number of ether oxygens (including phenoxy) is 1. The van der Waals surface area contributed by atoms with E-state index in [9.17, 15) is 14.4 Å². The number of aryl methyl sites for hydroxylation is 1. The van der Waals surface area contributed by atoms with Gasteiger partial charge < -0.3 is 4.74 Å². The van der Waals surface area contributed by atoms with Crippen LogP contribution in [0.25, 0.3) is 0 Å². The molecule has 1 heterocycles. The van der Waals surface area contributed by atoms with Crippen LogP contribution in [0, 0.1) is 35.5 Å². The number of benzene rings is 2. The van der Waals surface area contributed by atoms with Crippen molar-refractivity contribution in [1.82, 2.24) is 0 Å². The van der Waals surface area contributed by atoms with Crippen LogP contribution in [0.5, 0.6) is 5.75 Å². The van der Waals surface area contributed by atoms with Gasteiger partial charge in [0.15, 0.2) is 5.78 Å². The maximum absolute atomic E-state index is 13.2. The van der Waals surface area contributed by atoms with E-state index in [0.29, 0.717) is 35.9 Å². The summed E-state index contributed by atoms with van der Waals surface area (Å²) in [5.74, 6) is 2.06. The molecule has 2 saturated carbocycles. The van der Waals surface area contributed by atoms with Gasteiger partial charge in [-0.25, -0.2) is 0 Å². The minimum atomic E-state index is -0.178. The Kier molecular flexibility index (Phi) is 4.36. The molecule has 1 saturated heterocycles. The van der Waals surface area contributed by atoms with Gasteiger partial charge in [-0.1, -0.05) is 24.3 Å². The van der Waals surface area contributed by atoms with Crippen molar-refractivity contribution in [3.8, 4) is 5.75 Å². The number of allylic oxidation sites excluding steroid dienone is 2. The zero-order valence-corrected chi connectivity index (χ0v) is 17.9. The van der Waals surface area contributed by atoms with Crippen LogP contribution < -0.4 is 9.64 Å². The predicted molar refractivity (Wildman–Crippen MR) is 119 cm³/mol. The molecule has 2 aromatic carbocycles. The van der Waals surface area contributed by atoms with E-state index in [2.05, 4.69) is 12.2 Å². The first kappa shape index (κ1) is 19.5. The number of ketones is 1. The molecule has 5 nitrogen and oxygen atoms in total. The summed E-state index contributed by atoms with van der Waals surface area (Å²) < 4.78 is 5.13. The lowest BCUT2D eigenvalue weighted by molar-refractivity contribution is -0.124. The third-order valence-electron chi connectivity index (χ3n) is 7.91. The average molecular weight is 428 g/mol. The zero-order chi connectivity index (χ0) is 22.0. The Morgan fingerprint density at radius 1 is 0.906 bits per heavy atom. The van der Waals surface area contributed by atoms with Crippen LogP contribution in [-0.2, 0) is 16.0 Å². The largest absolute Gasteiger partial charge is 0.497 e. The SMILES string of the molecule is COc1ccc(C(=O)CCc2ccc(N3C(=O)[C@@H]4[C@@H]5C=C[C@@H]([C@H]6C[C@@H]56)[C@@H]4C3=O)cc2)cc1. The summed E-state index contributed by atoms with van der Waals surface area (Å²) in [5, 5.41) is 0. The van der Waals surface area contributed by atoms with Gasteiger partial charge in [-0.3, -0.25) is 19.3 Å². The fraction of sp³-hybridized carbons (Fsp3) is 0.370. The minimum absolute atomic E-state index is 0.0351. The Labute approximate surface area is 187 Å². The Morgan fingerprint density at radius 3 is 2.06 bits per heavy atom. The van der Waals surface area contributed by atoms with E-state index in [1.165, 1.54) is 11.3 Å². The highest BCUT2D eigenvalue weighted by molar-refractivity contribution is 6.22. The monoisotopic (exact) mass is 427 g/mol. The maximum Gasteiger partial charge on any atom is 0.238 e. The van der Waals surface area contributed by atoms with Gasteiger partial charge in [-0.15, -0.1) is 0 Å². The number of carbonyl (C=O) groups is 3. The first-order valence-corrected chi connectivity index (χ1v) is 11.4. The first-order valence-electron chi connectivity index (χ1n) is 11.4. The second kappa shape index (κ2) is 7.16. The number of carbonyl (C=O) groups excluding carboxylic acids is 3. The lowest BCUT2D eigenvalue weighted by Crippen LogP contribution is -2.40. The summed E-state index contributed by atoms with van der Waals surface area (Å²) in [4.78, 5) is 40.3. The lowest BCUT2D eigenvalue weighted by Gasteiger charge is -2.37. The molecule has 3 fully saturated rings. The summed E-state index contributed by atoms with van der Waals surface area (Å²) in [7, 11) is 1.60. The van der Waals surface area contributed by atoms with Crippen LogP contribution in [0.3, 0.4) is 0 Å². The lowest BCUT2D eigenvalue weighted by atomic mass is 9.63. The quantitative estimate of drug-likeness (QED) is 0.396. The van der Waals surface area contributed by atoms with E-state index >= 15 is 0 Å². The van der Waals surface area contributed by atoms with Crippen molar-refractivity contribution in [1.29, 1.82) is 0 Å². The van der Waals surface area contributed by atoms with Crippen LogP contribution in [0.4, 0.5) is 5.69 Å². The Morgan fingerprint density at radius 2 is 1.50 bits per heavy atom. The molecule has 32 heavy (non-hydrogen) atoms. The second-order valence-electron chi connectivity index (χ2n) is 9.48. The maximum atomic E-state index is 13.2. The van der Waals surface area contributed by atoms with Gasteiger partial charge in [-0.05, 0) is 78.5 Å². The number of Topliss-reactive ketones (excluding diaryl/α,β-unsaturated/α-hetero) is 1.